The quantitative estimate of drug-likeness (QED) is 0.820. The Morgan fingerprint density at radius 3 is 2.06 bits per heavy atom. The van der Waals surface area contributed by atoms with Gasteiger partial charge in [0.1, 0.15) is 0 Å². The molecule has 0 heterocycles. The average molecular weight is 246 g/mol. The van der Waals surface area contributed by atoms with E-state index in [9.17, 15) is 5.11 Å². The smallest absolute Gasteiger partial charge is 0.0826 e. The Morgan fingerprint density at radius 1 is 1.06 bits per heavy atom. The summed E-state index contributed by atoms with van der Waals surface area (Å²) in [6.45, 7) is 10.9. The van der Waals surface area contributed by atoms with Crippen molar-refractivity contribution in [3.05, 3.63) is 33.9 Å². The maximum atomic E-state index is 10.8. The van der Waals surface area contributed by atoms with Crippen LogP contribution in [0.15, 0.2) is 6.07 Å². The SMILES string of the molecule is Cc1cc(C)c(C)c(C(O)C2CCCC2C)c1C. The van der Waals surface area contributed by atoms with Gasteiger partial charge in [-0.3, -0.25) is 0 Å². The van der Waals surface area contributed by atoms with E-state index in [2.05, 4.69) is 40.7 Å². The standard InChI is InChI=1S/C17H26O/c1-10-7-6-8-15(10)17(18)16-13(4)11(2)9-12(3)14(16)5/h9-10,15,17-18H,6-8H2,1-5H3. The zero-order valence-corrected chi connectivity index (χ0v) is 12.4. The molecule has 1 N–H and O–H groups in total. The molecule has 1 aromatic carbocycles. The molecule has 3 unspecified atom stereocenters. The van der Waals surface area contributed by atoms with Crippen molar-refractivity contribution in [1.29, 1.82) is 0 Å². The fourth-order valence-corrected chi connectivity index (χ4v) is 3.55. The molecule has 1 aromatic rings. The Bertz CT molecular complexity index is 421. The molecule has 0 spiro atoms. The van der Waals surface area contributed by atoms with E-state index in [1.165, 1.54) is 47.1 Å². The van der Waals surface area contributed by atoms with Crippen molar-refractivity contribution in [2.45, 2.75) is 60.0 Å². The van der Waals surface area contributed by atoms with Crippen molar-refractivity contribution in [2.75, 3.05) is 0 Å². The minimum absolute atomic E-state index is 0.277. The van der Waals surface area contributed by atoms with Gasteiger partial charge in [0.05, 0.1) is 6.10 Å². The highest BCUT2D eigenvalue weighted by Gasteiger charge is 2.32. The fourth-order valence-electron chi connectivity index (χ4n) is 3.55. The maximum Gasteiger partial charge on any atom is 0.0826 e. The number of aryl methyl sites for hydroxylation is 2. The van der Waals surface area contributed by atoms with E-state index in [0.717, 1.165) is 0 Å². The summed E-state index contributed by atoms with van der Waals surface area (Å²) >= 11 is 0. The summed E-state index contributed by atoms with van der Waals surface area (Å²) in [6, 6.07) is 2.24. The van der Waals surface area contributed by atoms with Gasteiger partial charge in [0, 0.05) is 0 Å². The van der Waals surface area contributed by atoms with Crippen molar-refractivity contribution in [2.24, 2.45) is 11.8 Å². The number of hydrogen-bond acceptors (Lipinski definition) is 1. The van der Waals surface area contributed by atoms with E-state index in [1.54, 1.807) is 0 Å². The van der Waals surface area contributed by atoms with Crippen LogP contribution >= 0.6 is 0 Å². The molecular formula is C17H26O. The molecule has 1 aliphatic rings. The van der Waals surface area contributed by atoms with Crippen LogP contribution in [0.5, 0.6) is 0 Å². The van der Waals surface area contributed by atoms with Crippen LogP contribution in [0, 0.1) is 39.5 Å². The van der Waals surface area contributed by atoms with Crippen molar-refractivity contribution < 1.29 is 5.11 Å². The summed E-state index contributed by atoms with van der Waals surface area (Å²) in [5, 5.41) is 10.8. The van der Waals surface area contributed by atoms with Gasteiger partial charge in [0.2, 0.25) is 0 Å². The Hall–Kier alpha value is -0.820. The lowest BCUT2D eigenvalue weighted by atomic mass is 9.82. The molecular weight excluding hydrogens is 220 g/mol. The summed E-state index contributed by atoms with van der Waals surface area (Å²) in [6.07, 6.45) is 3.44. The first kappa shape index (κ1) is 13.6. The molecule has 1 saturated carbocycles. The summed E-state index contributed by atoms with van der Waals surface area (Å²) in [7, 11) is 0. The van der Waals surface area contributed by atoms with Gasteiger partial charge in [0.25, 0.3) is 0 Å². The van der Waals surface area contributed by atoms with Gasteiger partial charge in [-0.25, -0.2) is 0 Å². The van der Waals surface area contributed by atoms with Crippen LogP contribution in [0.4, 0.5) is 0 Å². The van der Waals surface area contributed by atoms with Crippen LogP contribution in [-0.4, -0.2) is 5.11 Å². The van der Waals surface area contributed by atoms with E-state index in [1.807, 2.05) is 0 Å². The first-order valence-corrected chi connectivity index (χ1v) is 7.18. The average Bonchev–Trinajstić information content (AvgIpc) is 2.73. The highest BCUT2D eigenvalue weighted by molar-refractivity contribution is 5.45. The third-order valence-corrected chi connectivity index (χ3v) is 5.05. The number of hydrogen-bond donors (Lipinski definition) is 1. The minimum Gasteiger partial charge on any atom is -0.388 e. The van der Waals surface area contributed by atoms with Crippen molar-refractivity contribution in [1.82, 2.24) is 0 Å². The van der Waals surface area contributed by atoms with E-state index in [-0.39, 0.29) is 6.10 Å². The summed E-state index contributed by atoms with van der Waals surface area (Å²) in [5.74, 6) is 1.10. The fraction of sp³-hybridized carbons (Fsp3) is 0.647. The highest BCUT2D eigenvalue weighted by atomic mass is 16.3. The molecule has 0 amide bonds. The van der Waals surface area contributed by atoms with E-state index < -0.39 is 0 Å². The Morgan fingerprint density at radius 2 is 1.61 bits per heavy atom. The zero-order chi connectivity index (χ0) is 13.4. The third kappa shape index (κ3) is 2.21. The van der Waals surface area contributed by atoms with E-state index >= 15 is 0 Å². The largest absolute Gasteiger partial charge is 0.388 e. The molecule has 1 nitrogen and oxygen atoms in total. The monoisotopic (exact) mass is 246 g/mol. The number of rotatable bonds is 2. The van der Waals surface area contributed by atoms with E-state index in [0.29, 0.717) is 11.8 Å². The number of aliphatic hydroxyl groups is 1. The summed E-state index contributed by atoms with van der Waals surface area (Å²) < 4.78 is 0. The third-order valence-electron chi connectivity index (χ3n) is 5.05. The van der Waals surface area contributed by atoms with Gasteiger partial charge >= 0.3 is 0 Å². The normalized spacial score (nSPS) is 25.4. The second-order valence-corrected chi connectivity index (χ2v) is 6.19. The molecule has 2 rings (SSSR count). The molecule has 1 heteroatoms. The topological polar surface area (TPSA) is 20.2 Å². The lowest BCUT2D eigenvalue weighted by Crippen LogP contribution is -2.18. The van der Waals surface area contributed by atoms with Crippen LogP contribution in [0.1, 0.15) is 60.1 Å². The Balaban J connectivity index is 2.44. The van der Waals surface area contributed by atoms with Crippen LogP contribution in [0.25, 0.3) is 0 Å². The highest BCUT2D eigenvalue weighted by Crippen LogP contribution is 2.42. The molecule has 18 heavy (non-hydrogen) atoms. The molecule has 1 fully saturated rings. The lowest BCUT2D eigenvalue weighted by Gasteiger charge is -2.27. The Kier molecular flexibility index (Phi) is 3.82. The molecule has 0 bridgehead atoms. The van der Waals surface area contributed by atoms with Crippen LogP contribution in [0.3, 0.4) is 0 Å². The predicted molar refractivity (Wildman–Crippen MR) is 76.9 cm³/mol. The number of benzene rings is 1. The molecule has 0 aromatic heterocycles. The predicted octanol–water partition coefficient (Wildman–Crippen LogP) is 4.39. The van der Waals surface area contributed by atoms with Crippen LogP contribution in [-0.2, 0) is 0 Å². The lowest BCUT2D eigenvalue weighted by molar-refractivity contribution is 0.0888. The molecule has 0 radical (unpaired) electrons. The van der Waals surface area contributed by atoms with Crippen molar-refractivity contribution >= 4 is 0 Å². The molecule has 100 valence electrons. The first-order valence-electron chi connectivity index (χ1n) is 7.18. The molecule has 0 aliphatic heterocycles. The summed E-state index contributed by atoms with van der Waals surface area (Å²) in [4.78, 5) is 0. The second-order valence-electron chi connectivity index (χ2n) is 6.19. The van der Waals surface area contributed by atoms with Gasteiger partial charge in [-0.05, 0) is 73.8 Å². The minimum atomic E-state index is -0.277. The van der Waals surface area contributed by atoms with Crippen molar-refractivity contribution in [3.8, 4) is 0 Å². The Labute approximate surface area is 111 Å². The van der Waals surface area contributed by atoms with Gasteiger partial charge in [0.15, 0.2) is 0 Å². The number of aliphatic hydroxyl groups excluding tert-OH is 1. The molecule has 3 atom stereocenters. The second kappa shape index (κ2) is 5.05. The zero-order valence-electron chi connectivity index (χ0n) is 12.4. The van der Waals surface area contributed by atoms with Crippen molar-refractivity contribution in [3.63, 3.8) is 0 Å². The first-order chi connectivity index (χ1) is 8.43. The van der Waals surface area contributed by atoms with Gasteiger partial charge in [-0.15, -0.1) is 0 Å². The van der Waals surface area contributed by atoms with E-state index in [4.69, 9.17) is 0 Å². The van der Waals surface area contributed by atoms with Crippen LogP contribution < -0.4 is 0 Å². The van der Waals surface area contributed by atoms with Gasteiger partial charge in [-0.1, -0.05) is 25.8 Å². The maximum absolute atomic E-state index is 10.8. The van der Waals surface area contributed by atoms with Gasteiger partial charge in [-0.2, -0.15) is 0 Å². The molecule has 1 aliphatic carbocycles. The summed E-state index contributed by atoms with van der Waals surface area (Å²) in [5.41, 5.74) is 6.37. The van der Waals surface area contributed by atoms with Gasteiger partial charge < -0.3 is 5.11 Å². The molecule has 0 saturated heterocycles. The van der Waals surface area contributed by atoms with Crippen LogP contribution in [0.2, 0.25) is 0 Å².